The zero-order chi connectivity index (χ0) is 14.3. The van der Waals surface area contributed by atoms with E-state index < -0.39 is 11.9 Å². The van der Waals surface area contributed by atoms with Crippen LogP contribution < -0.4 is 0 Å². The van der Waals surface area contributed by atoms with E-state index in [0.717, 1.165) is 0 Å². The molecular formula is C13H13F2N3O2. The van der Waals surface area contributed by atoms with Crippen LogP contribution in [0.1, 0.15) is 47.8 Å². The molecular weight excluding hydrogens is 268 g/mol. The second-order valence-electron chi connectivity index (χ2n) is 5.14. The molecule has 0 aliphatic heterocycles. The molecule has 20 heavy (non-hydrogen) atoms. The molecule has 106 valence electrons. The highest BCUT2D eigenvalue weighted by molar-refractivity contribution is 5.87. The van der Waals surface area contributed by atoms with Crippen molar-refractivity contribution in [3.63, 3.8) is 0 Å². The molecule has 2 heterocycles. The van der Waals surface area contributed by atoms with Gasteiger partial charge in [-0.05, 0) is 25.0 Å². The zero-order valence-corrected chi connectivity index (χ0v) is 10.6. The molecule has 2 aromatic rings. The lowest BCUT2D eigenvalue weighted by molar-refractivity contribution is -0.0388. The summed E-state index contributed by atoms with van der Waals surface area (Å²) in [6.45, 7) is 0. The molecule has 1 N–H and O–H groups in total. The second kappa shape index (κ2) is 4.50. The van der Waals surface area contributed by atoms with Gasteiger partial charge in [0.05, 0.1) is 5.56 Å². The third-order valence-electron chi connectivity index (χ3n) is 3.76. The van der Waals surface area contributed by atoms with Crippen LogP contribution >= 0.6 is 0 Å². The minimum absolute atomic E-state index is 0.103. The maximum atomic E-state index is 13.2. The van der Waals surface area contributed by atoms with Crippen LogP contribution in [-0.2, 0) is 0 Å². The number of aromatic carboxylic acids is 1. The molecule has 0 atom stereocenters. The van der Waals surface area contributed by atoms with Crippen molar-refractivity contribution < 1.29 is 18.7 Å². The number of carbonyl (C=O) groups is 1. The third kappa shape index (κ3) is 2.23. The van der Waals surface area contributed by atoms with Crippen molar-refractivity contribution in [2.75, 3.05) is 0 Å². The van der Waals surface area contributed by atoms with Crippen molar-refractivity contribution in [2.24, 2.45) is 0 Å². The Balaban J connectivity index is 1.96. The van der Waals surface area contributed by atoms with Crippen LogP contribution in [0.25, 0.3) is 5.65 Å². The van der Waals surface area contributed by atoms with Gasteiger partial charge in [0.25, 0.3) is 0 Å². The van der Waals surface area contributed by atoms with Crippen LogP contribution in [0.2, 0.25) is 0 Å². The molecule has 0 spiro atoms. The Labute approximate surface area is 113 Å². The van der Waals surface area contributed by atoms with E-state index in [9.17, 15) is 13.6 Å². The number of nitrogens with zero attached hydrogens (tertiary/aromatic N) is 3. The summed E-state index contributed by atoms with van der Waals surface area (Å²) < 4.78 is 28.0. The number of halogens is 2. The fourth-order valence-corrected chi connectivity index (χ4v) is 2.61. The molecule has 0 aromatic carbocycles. The Bertz CT molecular complexity index is 659. The van der Waals surface area contributed by atoms with Crippen LogP contribution in [0.5, 0.6) is 0 Å². The van der Waals surface area contributed by atoms with Crippen molar-refractivity contribution in [3.8, 4) is 0 Å². The molecule has 7 heteroatoms. The number of hydrogen-bond donors (Lipinski definition) is 1. The normalized spacial score (nSPS) is 19.3. The highest BCUT2D eigenvalue weighted by Crippen LogP contribution is 2.40. The van der Waals surface area contributed by atoms with Crippen molar-refractivity contribution >= 4 is 11.6 Å². The summed E-state index contributed by atoms with van der Waals surface area (Å²) >= 11 is 0. The van der Waals surface area contributed by atoms with Gasteiger partial charge < -0.3 is 5.11 Å². The standard InChI is InChI=1S/C13H13F2N3O2/c14-13(15)5-3-8(4-6-13)11-17-16-10-2-1-9(12(19)20)7-18(10)11/h1-2,7-8H,3-6H2,(H,19,20). The van der Waals surface area contributed by atoms with E-state index in [1.807, 2.05) is 0 Å². The largest absolute Gasteiger partial charge is 0.478 e. The van der Waals surface area contributed by atoms with E-state index in [1.165, 1.54) is 12.3 Å². The predicted molar refractivity (Wildman–Crippen MR) is 66.1 cm³/mol. The average Bonchev–Trinajstić information content (AvgIpc) is 2.81. The fourth-order valence-electron chi connectivity index (χ4n) is 2.61. The summed E-state index contributed by atoms with van der Waals surface area (Å²) in [5, 5.41) is 17.0. The first-order chi connectivity index (χ1) is 9.46. The van der Waals surface area contributed by atoms with Gasteiger partial charge in [-0.15, -0.1) is 10.2 Å². The van der Waals surface area contributed by atoms with Crippen LogP contribution in [0.15, 0.2) is 18.3 Å². The van der Waals surface area contributed by atoms with Gasteiger partial charge in [0.2, 0.25) is 5.92 Å². The molecule has 5 nitrogen and oxygen atoms in total. The van der Waals surface area contributed by atoms with E-state index in [-0.39, 0.29) is 24.3 Å². The number of alkyl halides is 2. The lowest BCUT2D eigenvalue weighted by atomic mass is 9.86. The Morgan fingerprint density at radius 2 is 2.00 bits per heavy atom. The second-order valence-corrected chi connectivity index (χ2v) is 5.14. The highest BCUT2D eigenvalue weighted by Gasteiger charge is 2.36. The number of pyridine rings is 1. The Morgan fingerprint density at radius 3 is 2.65 bits per heavy atom. The topological polar surface area (TPSA) is 67.5 Å². The molecule has 0 radical (unpaired) electrons. The molecule has 1 saturated carbocycles. The zero-order valence-electron chi connectivity index (χ0n) is 10.6. The van der Waals surface area contributed by atoms with Crippen LogP contribution in [0.4, 0.5) is 8.78 Å². The summed E-state index contributed by atoms with van der Waals surface area (Å²) in [7, 11) is 0. The number of carboxylic acids is 1. The van der Waals surface area contributed by atoms with Gasteiger partial charge in [-0.25, -0.2) is 13.6 Å². The number of carboxylic acid groups (broad SMARTS) is 1. The van der Waals surface area contributed by atoms with E-state index >= 15 is 0 Å². The fraction of sp³-hybridized carbons (Fsp3) is 0.462. The van der Waals surface area contributed by atoms with Crippen LogP contribution in [0.3, 0.4) is 0 Å². The Hall–Kier alpha value is -2.05. The lowest BCUT2D eigenvalue weighted by Crippen LogP contribution is -2.24. The summed E-state index contributed by atoms with van der Waals surface area (Å²) in [4.78, 5) is 11.0. The van der Waals surface area contributed by atoms with Gasteiger partial charge in [-0.3, -0.25) is 4.40 Å². The third-order valence-corrected chi connectivity index (χ3v) is 3.76. The monoisotopic (exact) mass is 281 g/mol. The summed E-state index contributed by atoms with van der Waals surface area (Å²) in [5.41, 5.74) is 0.655. The molecule has 0 saturated heterocycles. The molecule has 1 aliphatic rings. The van der Waals surface area contributed by atoms with E-state index in [1.54, 1.807) is 10.5 Å². The molecule has 1 aliphatic carbocycles. The minimum atomic E-state index is -2.59. The molecule has 3 rings (SSSR count). The van der Waals surface area contributed by atoms with E-state index in [4.69, 9.17) is 5.11 Å². The van der Waals surface area contributed by atoms with Crippen molar-refractivity contribution in [1.29, 1.82) is 0 Å². The summed E-state index contributed by atoms with van der Waals surface area (Å²) in [5.74, 6) is -3.17. The summed E-state index contributed by atoms with van der Waals surface area (Å²) in [6.07, 6.45) is 1.80. The van der Waals surface area contributed by atoms with Crippen molar-refractivity contribution in [3.05, 3.63) is 29.7 Å². The van der Waals surface area contributed by atoms with Gasteiger partial charge in [0.15, 0.2) is 5.65 Å². The maximum absolute atomic E-state index is 13.2. The maximum Gasteiger partial charge on any atom is 0.337 e. The molecule has 0 amide bonds. The van der Waals surface area contributed by atoms with E-state index in [2.05, 4.69) is 10.2 Å². The van der Waals surface area contributed by atoms with Crippen LogP contribution in [0, 0.1) is 0 Å². The number of fused-ring (bicyclic) bond motifs is 1. The van der Waals surface area contributed by atoms with Crippen molar-refractivity contribution in [2.45, 2.75) is 37.5 Å². The Kier molecular flexibility index (Phi) is 2.92. The summed E-state index contributed by atoms with van der Waals surface area (Å²) in [6, 6.07) is 3.02. The predicted octanol–water partition coefficient (Wildman–Crippen LogP) is 2.72. The van der Waals surface area contributed by atoms with Crippen LogP contribution in [-0.4, -0.2) is 31.6 Å². The first-order valence-corrected chi connectivity index (χ1v) is 6.42. The number of aromatic nitrogens is 3. The Morgan fingerprint density at radius 1 is 1.30 bits per heavy atom. The smallest absolute Gasteiger partial charge is 0.337 e. The van der Waals surface area contributed by atoms with Crippen molar-refractivity contribution in [1.82, 2.24) is 14.6 Å². The van der Waals surface area contributed by atoms with Gasteiger partial charge in [-0.1, -0.05) is 0 Å². The average molecular weight is 281 g/mol. The SMILES string of the molecule is O=C(O)c1ccc2nnc(C3CCC(F)(F)CC3)n2c1. The first-order valence-electron chi connectivity index (χ1n) is 6.42. The number of rotatable bonds is 2. The molecule has 0 unspecified atom stereocenters. The van der Waals surface area contributed by atoms with Gasteiger partial charge in [0, 0.05) is 25.0 Å². The van der Waals surface area contributed by atoms with E-state index in [0.29, 0.717) is 24.3 Å². The molecule has 1 fully saturated rings. The minimum Gasteiger partial charge on any atom is -0.478 e. The first kappa shape index (κ1) is 13.0. The van der Waals surface area contributed by atoms with Gasteiger partial charge >= 0.3 is 5.97 Å². The quantitative estimate of drug-likeness (QED) is 0.919. The van der Waals surface area contributed by atoms with Gasteiger partial charge in [-0.2, -0.15) is 0 Å². The van der Waals surface area contributed by atoms with Gasteiger partial charge in [0.1, 0.15) is 5.82 Å². The molecule has 0 bridgehead atoms. The number of hydrogen-bond acceptors (Lipinski definition) is 3. The molecule has 2 aromatic heterocycles. The highest BCUT2D eigenvalue weighted by atomic mass is 19.3. The lowest BCUT2D eigenvalue weighted by Gasteiger charge is -2.27.